The van der Waals surface area contributed by atoms with E-state index >= 15 is 0 Å². The third-order valence-corrected chi connectivity index (χ3v) is 5.18. The van der Waals surface area contributed by atoms with Crippen molar-refractivity contribution >= 4 is 34.2 Å². The summed E-state index contributed by atoms with van der Waals surface area (Å²) in [6.07, 6.45) is 0. The Bertz CT molecular complexity index is 924. The lowest BCUT2D eigenvalue weighted by molar-refractivity contribution is -0.118. The van der Waals surface area contributed by atoms with Gasteiger partial charge in [-0.2, -0.15) is 0 Å². The van der Waals surface area contributed by atoms with Crippen molar-refractivity contribution < 1.29 is 38.1 Å². The highest BCUT2D eigenvalue weighted by Crippen LogP contribution is 2.34. The molecule has 0 aliphatic heterocycles. The Morgan fingerprint density at radius 1 is 1.03 bits per heavy atom. The van der Waals surface area contributed by atoms with E-state index in [2.05, 4.69) is 5.32 Å². The highest BCUT2D eigenvalue weighted by molar-refractivity contribution is 7.18. The summed E-state index contributed by atoms with van der Waals surface area (Å²) in [4.78, 5) is 37.4. The minimum atomic E-state index is -0.642. The summed E-state index contributed by atoms with van der Waals surface area (Å²) >= 11 is 0.939. The lowest BCUT2D eigenvalue weighted by Gasteiger charge is -2.09. The van der Waals surface area contributed by atoms with E-state index in [1.807, 2.05) is 0 Å². The molecule has 10 heteroatoms. The molecule has 168 valence electrons. The fraction of sp³-hybridized carbons (Fsp3) is 0.381. The van der Waals surface area contributed by atoms with Gasteiger partial charge >= 0.3 is 11.9 Å². The summed E-state index contributed by atoms with van der Waals surface area (Å²) in [5.41, 5.74) is 0.482. The van der Waals surface area contributed by atoms with Crippen LogP contribution in [0.15, 0.2) is 24.3 Å². The maximum Gasteiger partial charge on any atom is 0.348 e. The first-order valence-electron chi connectivity index (χ1n) is 9.44. The van der Waals surface area contributed by atoms with E-state index in [-0.39, 0.29) is 41.9 Å². The van der Waals surface area contributed by atoms with Crippen LogP contribution in [0, 0.1) is 6.92 Å². The van der Waals surface area contributed by atoms with E-state index in [1.165, 1.54) is 14.2 Å². The minimum Gasteiger partial charge on any atom is -0.497 e. The Morgan fingerprint density at radius 3 is 2.45 bits per heavy atom. The highest BCUT2D eigenvalue weighted by atomic mass is 32.1. The quantitative estimate of drug-likeness (QED) is 0.410. The number of rotatable bonds is 11. The van der Waals surface area contributed by atoms with E-state index in [4.69, 9.17) is 23.7 Å². The Morgan fingerprint density at radius 2 is 1.77 bits per heavy atom. The van der Waals surface area contributed by atoms with Gasteiger partial charge in [-0.3, -0.25) is 4.79 Å². The number of carbonyl (C=O) groups excluding carboxylic acids is 3. The number of hydrogen-bond donors (Lipinski definition) is 1. The molecule has 1 heterocycles. The van der Waals surface area contributed by atoms with E-state index in [9.17, 15) is 14.4 Å². The van der Waals surface area contributed by atoms with Crippen molar-refractivity contribution in [3.05, 3.63) is 40.3 Å². The van der Waals surface area contributed by atoms with Gasteiger partial charge in [0, 0.05) is 13.2 Å². The van der Waals surface area contributed by atoms with Gasteiger partial charge in [0.05, 0.1) is 25.9 Å². The molecule has 1 amide bonds. The van der Waals surface area contributed by atoms with Gasteiger partial charge in [-0.1, -0.05) is 6.07 Å². The normalized spacial score (nSPS) is 10.3. The average molecular weight is 451 g/mol. The molecule has 0 bridgehead atoms. The average Bonchev–Trinajstić information content (AvgIpc) is 3.08. The van der Waals surface area contributed by atoms with Crippen LogP contribution in [0.25, 0.3) is 0 Å². The zero-order chi connectivity index (χ0) is 22.8. The maximum atomic E-state index is 12.4. The van der Waals surface area contributed by atoms with Gasteiger partial charge < -0.3 is 29.0 Å². The van der Waals surface area contributed by atoms with Crippen LogP contribution in [0.5, 0.6) is 11.5 Å². The molecular weight excluding hydrogens is 426 g/mol. The molecule has 0 saturated carbocycles. The Labute approximate surface area is 184 Å². The van der Waals surface area contributed by atoms with Gasteiger partial charge in [0.25, 0.3) is 5.91 Å². The van der Waals surface area contributed by atoms with Crippen LogP contribution in [0.4, 0.5) is 5.00 Å². The van der Waals surface area contributed by atoms with E-state index in [1.54, 1.807) is 38.1 Å². The van der Waals surface area contributed by atoms with Gasteiger partial charge in [-0.25, -0.2) is 9.59 Å². The molecule has 1 aromatic heterocycles. The SMILES string of the molecule is CCOC(=O)c1c(NC(=O)COc2cccc(OC)c2)sc(C(=O)OCCOC)c1C. The molecule has 1 N–H and O–H groups in total. The lowest BCUT2D eigenvalue weighted by atomic mass is 10.1. The van der Waals surface area contributed by atoms with Gasteiger partial charge in [-0.05, 0) is 31.5 Å². The van der Waals surface area contributed by atoms with Crippen molar-refractivity contribution in [2.24, 2.45) is 0 Å². The van der Waals surface area contributed by atoms with Crippen LogP contribution in [-0.2, 0) is 19.0 Å². The third-order valence-electron chi connectivity index (χ3n) is 4.00. The molecule has 0 spiro atoms. The van der Waals surface area contributed by atoms with Crippen molar-refractivity contribution in [3.63, 3.8) is 0 Å². The number of hydrogen-bond acceptors (Lipinski definition) is 9. The molecule has 31 heavy (non-hydrogen) atoms. The largest absolute Gasteiger partial charge is 0.497 e. The number of thiophene rings is 1. The molecule has 0 atom stereocenters. The fourth-order valence-corrected chi connectivity index (χ4v) is 3.64. The van der Waals surface area contributed by atoms with Crippen LogP contribution in [-0.4, -0.2) is 58.5 Å². The summed E-state index contributed by atoms with van der Waals surface area (Å²) in [5, 5.41) is 2.81. The zero-order valence-corrected chi connectivity index (χ0v) is 18.6. The number of ether oxygens (including phenoxy) is 5. The van der Waals surface area contributed by atoms with E-state index in [0.717, 1.165) is 11.3 Å². The number of benzene rings is 1. The molecule has 0 aliphatic carbocycles. The first-order chi connectivity index (χ1) is 14.9. The molecule has 0 saturated heterocycles. The van der Waals surface area contributed by atoms with Crippen molar-refractivity contribution in [1.29, 1.82) is 0 Å². The summed E-state index contributed by atoms with van der Waals surface area (Å²) < 4.78 is 25.7. The molecule has 2 rings (SSSR count). The number of anilines is 1. The molecule has 2 aromatic rings. The van der Waals surface area contributed by atoms with Gasteiger partial charge in [0.1, 0.15) is 28.0 Å². The van der Waals surface area contributed by atoms with E-state index in [0.29, 0.717) is 17.1 Å². The van der Waals surface area contributed by atoms with Gasteiger partial charge in [0.2, 0.25) is 0 Å². The minimum absolute atomic E-state index is 0.0669. The standard InChI is InChI=1S/C21H25NO8S/c1-5-28-20(24)17-13(2)18(21(25)29-10-9-26-3)31-19(17)22-16(23)12-30-15-8-6-7-14(11-15)27-4/h6-8,11H,5,9-10,12H2,1-4H3,(H,22,23). The summed E-state index contributed by atoms with van der Waals surface area (Å²) in [5.74, 6) is -0.721. The molecule has 9 nitrogen and oxygen atoms in total. The Kier molecular flexibility index (Phi) is 9.29. The first kappa shape index (κ1) is 24.2. The van der Waals surface area contributed by atoms with Gasteiger partial charge in [0.15, 0.2) is 6.61 Å². The van der Waals surface area contributed by atoms with Gasteiger partial charge in [-0.15, -0.1) is 11.3 Å². The van der Waals surface area contributed by atoms with Crippen LogP contribution < -0.4 is 14.8 Å². The predicted octanol–water partition coefficient (Wildman–Crippen LogP) is 3.06. The summed E-state index contributed by atoms with van der Waals surface area (Å²) in [6, 6.07) is 6.80. The second-order valence-corrected chi connectivity index (χ2v) is 7.15. The van der Waals surface area contributed by atoms with Crippen molar-refractivity contribution in [2.75, 3.05) is 46.0 Å². The summed E-state index contributed by atoms with van der Waals surface area (Å²) in [6.45, 7) is 3.41. The molecule has 0 radical (unpaired) electrons. The molecular formula is C21H25NO8S. The van der Waals surface area contributed by atoms with Crippen LogP contribution in [0.2, 0.25) is 0 Å². The van der Waals surface area contributed by atoms with Crippen LogP contribution >= 0.6 is 11.3 Å². The number of nitrogens with one attached hydrogen (secondary N) is 1. The fourth-order valence-electron chi connectivity index (χ4n) is 2.53. The maximum absolute atomic E-state index is 12.4. The highest BCUT2D eigenvalue weighted by Gasteiger charge is 2.27. The molecule has 1 aromatic carbocycles. The monoisotopic (exact) mass is 451 g/mol. The van der Waals surface area contributed by atoms with Crippen molar-refractivity contribution in [2.45, 2.75) is 13.8 Å². The molecule has 0 unspecified atom stereocenters. The predicted molar refractivity (Wildman–Crippen MR) is 114 cm³/mol. The van der Waals surface area contributed by atoms with Crippen molar-refractivity contribution in [3.8, 4) is 11.5 Å². The topological polar surface area (TPSA) is 109 Å². The summed E-state index contributed by atoms with van der Waals surface area (Å²) in [7, 11) is 3.02. The molecule has 0 aliphatic rings. The third kappa shape index (κ3) is 6.69. The number of carbonyl (C=O) groups is 3. The number of amides is 1. The zero-order valence-electron chi connectivity index (χ0n) is 17.8. The number of esters is 2. The Balaban J connectivity index is 2.16. The molecule has 0 fully saturated rings. The van der Waals surface area contributed by atoms with Crippen LogP contribution in [0.1, 0.15) is 32.5 Å². The van der Waals surface area contributed by atoms with Crippen LogP contribution in [0.3, 0.4) is 0 Å². The number of methoxy groups -OCH3 is 2. The van der Waals surface area contributed by atoms with E-state index < -0.39 is 17.8 Å². The lowest BCUT2D eigenvalue weighted by Crippen LogP contribution is -2.21. The smallest absolute Gasteiger partial charge is 0.348 e. The Hall–Kier alpha value is -3.11. The first-order valence-corrected chi connectivity index (χ1v) is 10.3. The second-order valence-electron chi connectivity index (χ2n) is 6.13. The second kappa shape index (κ2) is 11.9. The van der Waals surface area contributed by atoms with Crippen molar-refractivity contribution in [1.82, 2.24) is 0 Å².